The molecule has 1 aromatic rings. The molecular formula is C13H18BrN. The monoisotopic (exact) mass is 267 g/mol. The summed E-state index contributed by atoms with van der Waals surface area (Å²) >= 11 is 3.59. The van der Waals surface area contributed by atoms with Gasteiger partial charge in [-0.15, -0.1) is 0 Å². The summed E-state index contributed by atoms with van der Waals surface area (Å²) in [4.78, 5) is 3.04. The molecule has 82 valence electrons. The van der Waals surface area contributed by atoms with Gasteiger partial charge in [-0.05, 0) is 37.0 Å². The number of anilines is 1. The van der Waals surface area contributed by atoms with E-state index < -0.39 is 0 Å². The molecule has 15 heavy (non-hydrogen) atoms. The third kappa shape index (κ3) is 2.97. The third-order valence-corrected chi connectivity index (χ3v) is 3.25. The van der Waals surface area contributed by atoms with Gasteiger partial charge in [0.2, 0.25) is 0 Å². The predicted molar refractivity (Wildman–Crippen MR) is 70.0 cm³/mol. The van der Waals surface area contributed by atoms with Crippen molar-refractivity contribution in [3.05, 3.63) is 29.8 Å². The normalized spacial score (nSPS) is 18.1. The second-order valence-corrected chi connectivity index (χ2v) is 5.91. The molecule has 0 bridgehead atoms. The van der Waals surface area contributed by atoms with E-state index in [1.54, 1.807) is 0 Å². The van der Waals surface area contributed by atoms with Gasteiger partial charge in [-0.1, -0.05) is 35.0 Å². The average molecular weight is 268 g/mol. The van der Waals surface area contributed by atoms with E-state index in [2.05, 4.69) is 52.0 Å². The molecule has 2 heteroatoms. The van der Waals surface area contributed by atoms with E-state index in [-0.39, 0.29) is 0 Å². The Labute approximate surface area is 101 Å². The summed E-state index contributed by atoms with van der Waals surface area (Å²) in [7, 11) is 0. The van der Waals surface area contributed by atoms with Crippen LogP contribution in [0.15, 0.2) is 24.3 Å². The Morgan fingerprint density at radius 1 is 1.20 bits per heavy atom. The Kier molecular flexibility index (Phi) is 3.68. The SMILES string of the molecule is CC(Br)Cc1ccc(N2CCCC2)cc1. The van der Waals surface area contributed by atoms with E-state index >= 15 is 0 Å². The molecular weight excluding hydrogens is 250 g/mol. The van der Waals surface area contributed by atoms with Crippen LogP contribution in [0, 0.1) is 0 Å². The van der Waals surface area contributed by atoms with Gasteiger partial charge in [0.05, 0.1) is 0 Å². The van der Waals surface area contributed by atoms with Crippen molar-refractivity contribution in [2.24, 2.45) is 0 Å². The van der Waals surface area contributed by atoms with Crippen molar-refractivity contribution < 1.29 is 0 Å². The van der Waals surface area contributed by atoms with Gasteiger partial charge in [0, 0.05) is 23.6 Å². The quantitative estimate of drug-likeness (QED) is 0.757. The van der Waals surface area contributed by atoms with Gasteiger partial charge in [0.1, 0.15) is 0 Å². The predicted octanol–water partition coefficient (Wildman–Crippen LogP) is 3.61. The topological polar surface area (TPSA) is 3.24 Å². The van der Waals surface area contributed by atoms with E-state index in [0.717, 1.165) is 6.42 Å². The molecule has 0 radical (unpaired) electrons. The smallest absolute Gasteiger partial charge is 0.0366 e. The molecule has 0 amide bonds. The van der Waals surface area contributed by atoms with Crippen LogP contribution in [0.3, 0.4) is 0 Å². The van der Waals surface area contributed by atoms with Gasteiger partial charge in [-0.25, -0.2) is 0 Å². The summed E-state index contributed by atoms with van der Waals surface area (Å²) in [5, 5.41) is 0. The lowest BCUT2D eigenvalue weighted by Gasteiger charge is -2.17. The van der Waals surface area contributed by atoms with Crippen LogP contribution in [-0.2, 0) is 6.42 Å². The molecule has 0 aliphatic carbocycles. The van der Waals surface area contributed by atoms with Gasteiger partial charge in [-0.2, -0.15) is 0 Å². The summed E-state index contributed by atoms with van der Waals surface area (Å²) in [6.45, 7) is 4.65. The second-order valence-electron chi connectivity index (χ2n) is 4.35. The highest BCUT2D eigenvalue weighted by Crippen LogP contribution is 2.21. The van der Waals surface area contributed by atoms with Crippen LogP contribution in [0.25, 0.3) is 0 Å². The molecule has 1 unspecified atom stereocenters. The van der Waals surface area contributed by atoms with E-state index in [4.69, 9.17) is 0 Å². The van der Waals surface area contributed by atoms with E-state index in [9.17, 15) is 0 Å². The molecule has 2 rings (SSSR count). The molecule has 0 N–H and O–H groups in total. The molecule has 1 nitrogen and oxygen atoms in total. The fraction of sp³-hybridized carbons (Fsp3) is 0.538. The van der Waals surface area contributed by atoms with Crippen molar-refractivity contribution in [3.63, 3.8) is 0 Å². The number of benzene rings is 1. The first-order valence-corrected chi connectivity index (χ1v) is 6.65. The van der Waals surface area contributed by atoms with Crippen molar-refractivity contribution in [3.8, 4) is 0 Å². The van der Waals surface area contributed by atoms with Crippen molar-refractivity contribution in [1.82, 2.24) is 0 Å². The summed E-state index contributed by atoms with van der Waals surface area (Å²) in [5.41, 5.74) is 2.81. The molecule has 1 aliphatic rings. The minimum Gasteiger partial charge on any atom is -0.372 e. The van der Waals surface area contributed by atoms with Gasteiger partial charge in [0.15, 0.2) is 0 Å². The second kappa shape index (κ2) is 5.02. The lowest BCUT2D eigenvalue weighted by Crippen LogP contribution is -2.17. The van der Waals surface area contributed by atoms with Gasteiger partial charge >= 0.3 is 0 Å². The maximum Gasteiger partial charge on any atom is 0.0366 e. The zero-order valence-corrected chi connectivity index (χ0v) is 10.8. The number of rotatable bonds is 3. The van der Waals surface area contributed by atoms with Crippen LogP contribution in [-0.4, -0.2) is 17.9 Å². The van der Waals surface area contributed by atoms with Gasteiger partial charge in [0.25, 0.3) is 0 Å². The number of hydrogen-bond acceptors (Lipinski definition) is 1. The summed E-state index contributed by atoms with van der Waals surface area (Å²) in [6, 6.07) is 9.03. The number of halogens is 1. The van der Waals surface area contributed by atoms with Crippen LogP contribution in [0.2, 0.25) is 0 Å². The Balaban J connectivity index is 2.03. The van der Waals surface area contributed by atoms with Crippen LogP contribution in [0.4, 0.5) is 5.69 Å². The number of alkyl halides is 1. The van der Waals surface area contributed by atoms with Gasteiger partial charge < -0.3 is 4.90 Å². The van der Waals surface area contributed by atoms with Crippen molar-refractivity contribution in [2.45, 2.75) is 31.0 Å². The largest absolute Gasteiger partial charge is 0.372 e. The molecule has 0 spiro atoms. The first-order valence-electron chi connectivity index (χ1n) is 5.73. The fourth-order valence-corrected chi connectivity index (χ4v) is 2.52. The summed E-state index contributed by atoms with van der Waals surface area (Å²) in [5.74, 6) is 0. The summed E-state index contributed by atoms with van der Waals surface area (Å²) in [6.07, 6.45) is 3.81. The Morgan fingerprint density at radius 3 is 2.33 bits per heavy atom. The van der Waals surface area contributed by atoms with Crippen molar-refractivity contribution >= 4 is 21.6 Å². The Hall–Kier alpha value is -0.500. The zero-order chi connectivity index (χ0) is 10.7. The fourth-order valence-electron chi connectivity index (χ4n) is 2.14. The molecule has 1 atom stereocenters. The average Bonchev–Trinajstić information content (AvgIpc) is 2.71. The molecule has 1 aliphatic heterocycles. The minimum atomic E-state index is 0.565. The van der Waals surface area contributed by atoms with Crippen molar-refractivity contribution in [1.29, 1.82) is 0 Å². The standard InChI is InChI=1S/C13H18BrN/c1-11(14)10-12-4-6-13(7-5-12)15-8-2-3-9-15/h4-7,11H,2-3,8-10H2,1H3. The number of nitrogens with zero attached hydrogens (tertiary/aromatic N) is 1. The van der Waals surface area contributed by atoms with Crippen molar-refractivity contribution in [2.75, 3.05) is 18.0 Å². The van der Waals surface area contributed by atoms with Crippen LogP contribution >= 0.6 is 15.9 Å². The lowest BCUT2D eigenvalue weighted by atomic mass is 10.1. The highest BCUT2D eigenvalue weighted by atomic mass is 79.9. The maximum absolute atomic E-state index is 3.59. The Morgan fingerprint density at radius 2 is 1.80 bits per heavy atom. The molecule has 1 heterocycles. The molecule has 1 saturated heterocycles. The van der Waals surface area contributed by atoms with E-state index in [0.29, 0.717) is 4.83 Å². The molecule has 1 aromatic carbocycles. The minimum absolute atomic E-state index is 0.565. The number of hydrogen-bond donors (Lipinski definition) is 0. The van der Waals surface area contributed by atoms with Gasteiger partial charge in [-0.3, -0.25) is 0 Å². The van der Waals surface area contributed by atoms with E-state index in [1.807, 2.05) is 0 Å². The highest BCUT2D eigenvalue weighted by Gasteiger charge is 2.11. The van der Waals surface area contributed by atoms with Crippen LogP contribution in [0.5, 0.6) is 0 Å². The Bertz CT molecular complexity index is 299. The first-order chi connectivity index (χ1) is 7.25. The maximum atomic E-state index is 3.59. The zero-order valence-electron chi connectivity index (χ0n) is 9.25. The lowest BCUT2D eigenvalue weighted by molar-refractivity contribution is 0.947. The molecule has 0 saturated carbocycles. The first kappa shape index (κ1) is 11.0. The highest BCUT2D eigenvalue weighted by molar-refractivity contribution is 9.09. The van der Waals surface area contributed by atoms with Crippen LogP contribution < -0.4 is 4.90 Å². The van der Waals surface area contributed by atoms with Crippen LogP contribution in [0.1, 0.15) is 25.3 Å². The molecule has 1 fully saturated rings. The molecule has 0 aromatic heterocycles. The summed E-state index contributed by atoms with van der Waals surface area (Å²) < 4.78 is 0. The van der Waals surface area contributed by atoms with E-state index in [1.165, 1.54) is 37.2 Å². The third-order valence-electron chi connectivity index (χ3n) is 2.92.